The number of aromatic nitrogens is 4. The van der Waals surface area contributed by atoms with Crippen molar-refractivity contribution in [3.8, 4) is 16.9 Å². The van der Waals surface area contributed by atoms with E-state index in [1.54, 1.807) is 11.8 Å². The molecule has 1 fully saturated rings. The van der Waals surface area contributed by atoms with Crippen LogP contribution >= 0.6 is 0 Å². The van der Waals surface area contributed by atoms with Crippen LogP contribution in [-0.4, -0.2) is 63.4 Å². The standard InChI is InChI=1S/C31H32F2N8O2/c1-19-28(20-10-12-27-22(15-20)17-34-39(27)2)38-41(23-7-5-4-6-8-23)30(19)36-31(42)35-26-18-40(13-14-43-3)37-29(26)21-9-11-24(32)25(33)16-21/h4-12,15-17,26,29,37H,13-14,18H2,1-3H3,(H2,35,36,42)/t26-,29+/m1/s1. The zero-order chi connectivity index (χ0) is 30.1. The van der Waals surface area contributed by atoms with E-state index in [4.69, 9.17) is 9.84 Å². The van der Waals surface area contributed by atoms with Crippen LogP contribution in [0.25, 0.3) is 27.8 Å². The van der Waals surface area contributed by atoms with Crippen molar-refractivity contribution in [3.63, 3.8) is 0 Å². The Morgan fingerprint density at radius 2 is 1.91 bits per heavy atom. The van der Waals surface area contributed by atoms with E-state index in [2.05, 4.69) is 21.2 Å². The van der Waals surface area contributed by atoms with Crippen molar-refractivity contribution in [1.82, 2.24) is 35.3 Å². The number of methoxy groups -OCH3 is 1. The third-order valence-corrected chi connectivity index (χ3v) is 7.70. The van der Waals surface area contributed by atoms with Gasteiger partial charge in [-0.1, -0.05) is 30.3 Å². The van der Waals surface area contributed by atoms with Crippen molar-refractivity contribution in [2.75, 3.05) is 32.1 Å². The first-order chi connectivity index (χ1) is 20.8. The summed E-state index contributed by atoms with van der Waals surface area (Å²) >= 11 is 0. The molecule has 0 saturated carbocycles. The third-order valence-electron chi connectivity index (χ3n) is 7.70. The molecule has 0 radical (unpaired) electrons. The first-order valence-corrected chi connectivity index (χ1v) is 13.9. The number of para-hydroxylation sites is 1. The molecule has 12 heteroatoms. The third kappa shape index (κ3) is 5.72. The Morgan fingerprint density at radius 1 is 1.09 bits per heavy atom. The number of ether oxygens (including phenoxy) is 1. The second-order valence-electron chi connectivity index (χ2n) is 10.5. The molecular weight excluding hydrogens is 554 g/mol. The largest absolute Gasteiger partial charge is 0.383 e. The highest BCUT2D eigenvalue weighted by Crippen LogP contribution is 2.32. The molecule has 2 aromatic heterocycles. The Bertz CT molecular complexity index is 1770. The molecule has 0 spiro atoms. The summed E-state index contributed by atoms with van der Waals surface area (Å²) in [7, 11) is 3.50. The number of benzene rings is 3. The number of aryl methyl sites for hydroxylation is 1. The molecule has 0 bridgehead atoms. The van der Waals surface area contributed by atoms with E-state index >= 15 is 0 Å². The van der Waals surface area contributed by atoms with Crippen molar-refractivity contribution < 1.29 is 18.3 Å². The van der Waals surface area contributed by atoms with E-state index in [1.807, 2.05) is 78.4 Å². The summed E-state index contributed by atoms with van der Waals surface area (Å²) < 4.78 is 36.5. The molecule has 0 aliphatic carbocycles. The highest BCUT2D eigenvalue weighted by atomic mass is 19.2. The summed E-state index contributed by atoms with van der Waals surface area (Å²) in [6.07, 6.45) is 1.81. The number of urea groups is 1. The molecular formula is C31H32F2N8O2. The second-order valence-corrected chi connectivity index (χ2v) is 10.5. The van der Waals surface area contributed by atoms with E-state index in [9.17, 15) is 13.6 Å². The monoisotopic (exact) mass is 586 g/mol. The van der Waals surface area contributed by atoms with Crippen LogP contribution in [0.2, 0.25) is 0 Å². The fourth-order valence-corrected chi connectivity index (χ4v) is 5.48. The first-order valence-electron chi connectivity index (χ1n) is 13.9. The van der Waals surface area contributed by atoms with Gasteiger partial charge in [0, 0.05) is 43.8 Å². The molecule has 2 amide bonds. The van der Waals surface area contributed by atoms with E-state index in [1.165, 1.54) is 6.07 Å². The van der Waals surface area contributed by atoms with Gasteiger partial charge in [0.05, 0.1) is 41.8 Å². The number of nitrogens with one attached hydrogen (secondary N) is 3. The van der Waals surface area contributed by atoms with Crippen LogP contribution in [0, 0.1) is 18.6 Å². The minimum atomic E-state index is -0.947. The number of carbonyl (C=O) groups is 1. The number of hydrogen-bond donors (Lipinski definition) is 3. The molecule has 1 aliphatic rings. The molecule has 6 rings (SSSR count). The lowest BCUT2D eigenvalue weighted by molar-refractivity contribution is 0.133. The highest BCUT2D eigenvalue weighted by Gasteiger charge is 2.35. The Balaban J connectivity index is 1.30. The maximum Gasteiger partial charge on any atom is 0.320 e. The minimum Gasteiger partial charge on any atom is -0.383 e. The van der Waals surface area contributed by atoms with Gasteiger partial charge in [-0.05, 0) is 48.9 Å². The fraction of sp³-hybridized carbons (Fsp3) is 0.258. The van der Waals surface area contributed by atoms with E-state index in [0.29, 0.717) is 31.1 Å². The summed E-state index contributed by atoms with van der Waals surface area (Å²) in [6.45, 7) is 3.34. The number of anilines is 1. The Labute approximate surface area is 247 Å². The van der Waals surface area contributed by atoms with Crippen molar-refractivity contribution in [2.45, 2.75) is 19.0 Å². The Kier molecular flexibility index (Phi) is 7.89. The van der Waals surface area contributed by atoms with Crippen LogP contribution in [0.1, 0.15) is 17.2 Å². The van der Waals surface area contributed by atoms with Crippen LogP contribution in [0.4, 0.5) is 19.4 Å². The number of fused-ring (bicyclic) bond motifs is 1. The number of rotatable bonds is 8. The lowest BCUT2D eigenvalue weighted by atomic mass is 10.0. The average Bonchev–Trinajstić information content (AvgIpc) is 3.69. The summed E-state index contributed by atoms with van der Waals surface area (Å²) in [5.74, 6) is -1.36. The summed E-state index contributed by atoms with van der Waals surface area (Å²) in [6, 6.07) is 17.9. The second kappa shape index (κ2) is 11.9. The van der Waals surface area contributed by atoms with Gasteiger partial charge in [0.2, 0.25) is 0 Å². The SMILES string of the molecule is COCCN1C[C@@H](NC(=O)Nc2c(C)c(-c3ccc4c(cnn4C)c3)nn2-c2ccccc2)[C@H](c2ccc(F)c(F)c2)N1. The fourth-order valence-electron chi connectivity index (χ4n) is 5.48. The molecule has 43 heavy (non-hydrogen) atoms. The number of hydrazine groups is 1. The Morgan fingerprint density at radius 3 is 2.67 bits per heavy atom. The molecule has 3 heterocycles. The van der Waals surface area contributed by atoms with Gasteiger partial charge in [-0.15, -0.1) is 0 Å². The van der Waals surface area contributed by atoms with Crippen LogP contribution < -0.4 is 16.1 Å². The zero-order valence-electron chi connectivity index (χ0n) is 24.0. The first kappa shape index (κ1) is 28.5. The lowest BCUT2D eigenvalue weighted by Gasteiger charge is -2.21. The van der Waals surface area contributed by atoms with Crippen molar-refractivity contribution >= 4 is 22.8 Å². The smallest absolute Gasteiger partial charge is 0.320 e. The number of halogens is 2. The van der Waals surface area contributed by atoms with Gasteiger partial charge in [-0.2, -0.15) is 10.2 Å². The molecule has 2 atom stereocenters. The van der Waals surface area contributed by atoms with Gasteiger partial charge < -0.3 is 10.1 Å². The number of nitrogens with zero attached hydrogens (tertiary/aromatic N) is 5. The molecule has 10 nitrogen and oxygen atoms in total. The van der Waals surface area contributed by atoms with Crippen molar-refractivity contribution in [2.24, 2.45) is 7.05 Å². The van der Waals surface area contributed by atoms with Crippen molar-refractivity contribution in [1.29, 1.82) is 0 Å². The van der Waals surface area contributed by atoms with Crippen LogP contribution in [-0.2, 0) is 11.8 Å². The molecule has 5 aromatic rings. The van der Waals surface area contributed by atoms with Gasteiger partial charge in [0.15, 0.2) is 11.6 Å². The molecule has 222 valence electrons. The molecule has 1 saturated heterocycles. The highest BCUT2D eigenvalue weighted by molar-refractivity contribution is 5.92. The summed E-state index contributed by atoms with van der Waals surface area (Å²) in [5.41, 5.74) is 7.99. The normalized spacial score (nSPS) is 17.0. The van der Waals surface area contributed by atoms with Gasteiger partial charge >= 0.3 is 6.03 Å². The lowest BCUT2D eigenvalue weighted by Crippen LogP contribution is -2.43. The quantitative estimate of drug-likeness (QED) is 0.244. The maximum absolute atomic E-state index is 14.1. The Hall–Kier alpha value is -4.65. The van der Waals surface area contributed by atoms with Gasteiger partial charge in [-0.25, -0.2) is 28.7 Å². The van der Waals surface area contributed by atoms with E-state index < -0.39 is 29.7 Å². The summed E-state index contributed by atoms with van der Waals surface area (Å²) in [4.78, 5) is 13.6. The molecule has 3 aromatic carbocycles. The van der Waals surface area contributed by atoms with Crippen LogP contribution in [0.3, 0.4) is 0 Å². The number of carbonyl (C=O) groups excluding carboxylic acids is 1. The molecule has 1 aliphatic heterocycles. The number of amides is 2. The predicted molar refractivity (Wildman–Crippen MR) is 160 cm³/mol. The van der Waals surface area contributed by atoms with Crippen LogP contribution in [0.15, 0.2) is 72.9 Å². The maximum atomic E-state index is 14.1. The van der Waals surface area contributed by atoms with Gasteiger partial charge in [-0.3, -0.25) is 10.00 Å². The topological polar surface area (TPSA) is 101 Å². The summed E-state index contributed by atoms with van der Waals surface area (Å²) in [5, 5.41) is 18.2. The van der Waals surface area contributed by atoms with E-state index in [-0.39, 0.29) is 0 Å². The molecule has 0 unspecified atom stereocenters. The minimum absolute atomic E-state index is 0.424. The molecule has 3 N–H and O–H groups in total. The van der Waals surface area contributed by atoms with E-state index in [0.717, 1.165) is 45.5 Å². The number of hydrogen-bond acceptors (Lipinski definition) is 6. The van der Waals surface area contributed by atoms with Gasteiger partial charge in [0.25, 0.3) is 0 Å². The average molecular weight is 587 g/mol. The zero-order valence-corrected chi connectivity index (χ0v) is 24.0. The van der Waals surface area contributed by atoms with Gasteiger partial charge in [0.1, 0.15) is 5.82 Å². The van der Waals surface area contributed by atoms with Crippen LogP contribution in [0.5, 0.6) is 0 Å². The van der Waals surface area contributed by atoms with Crippen molar-refractivity contribution in [3.05, 3.63) is 95.7 Å². The predicted octanol–water partition coefficient (Wildman–Crippen LogP) is 4.71.